The smallest absolute Gasteiger partial charge is 0.310 e. The molecule has 296 valence electrons. The van der Waals surface area contributed by atoms with Crippen LogP contribution in [-0.4, -0.2) is 71.0 Å². The summed E-state index contributed by atoms with van der Waals surface area (Å²) in [5, 5.41) is 1.88. The number of halogens is 3. The first-order valence-corrected chi connectivity index (χ1v) is 25.9. The summed E-state index contributed by atoms with van der Waals surface area (Å²) in [5.41, 5.74) is 4.26. The van der Waals surface area contributed by atoms with Gasteiger partial charge in [-0.1, -0.05) is 50.9 Å². The third-order valence-electron chi connectivity index (χ3n) is 9.17. The number of carbonyl (C=O) groups is 3. The SMILES string of the molecule is COc1cc2c(CC(=O)OCC[Si](C)(C)C)c(C)[nH]c2cc1F.COc1cc2c(CC(=O)OCC[Si](C)(C)C)c(C)n(C(=O)c3ccc(Cl)cc3)c2cc1F. The Kier molecular flexibility index (Phi) is 14.2. The van der Waals surface area contributed by atoms with Crippen molar-refractivity contribution in [1.82, 2.24) is 9.55 Å². The second-order valence-corrected chi connectivity index (χ2v) is 27.6. The number of aromatic amines is 1. The zero-order valence-electron chi connectivity index (χ0n) is 33.3. The van der Waals surface area contributed by atoms with Crippen molar-refractivity contribution in [3.05, 3.63) is 93.3 Å². The molecule has 3 aromatic carbocycles. The molecule has 2 aromatic heterocycles. The Labute approximate surface area is 328 Å². The number of rotatable bonds is 13. The van der Waals surface area contributed by atoms with Gasteiger partial charge in [-0.05, 0) is 73.5 Å². The summed E-state index contributed by atoms with van der Waals surface area (Å²) in [6.45, 7) is 17.8. The van der Waals surface area contributed by atoms with Crippen LogP contribution < -0.4 is 9.47 Å². The number of carbonyl (C=O) groups excluding carboxylic acids is 3. The molecule has 0 fully saturated rings. The van der Waals surface area contributed by atoms with Gasteiger partial charge in [-0.2, -0.15) is 0 Å². The molecule has 5 rings (SSSR count). The Morgan fingerprint density at radius 1 is 0.727 bits per heavy atom. The van der Waals surface area contributed by atoms with Gasteiger partial charge < -0.3 is 23.9 Å². The van der Waals surface area contributed by atoms with Gasteiger partial charge in [0.1, 0.15) is 0 Å². The molecule has 0 saturated carbocycles. The van der Waals surface area contributed by atoms with Crippen LogP contribution in [0.2, 0.25) is 56.4 Å². The number of ether oxygens (including phenoxy) is 4. The highest BCUT2D eigenvalue weighted by atomic mass is 35.5. The first kappa shape index (κ1) is 43.3. The van der Waals surface area contributed by atoms with Gasteiger partial charge in [0.15, 0.2) is 23.1 Å². The molecule has 0 bridgehead atoms. The maximum atomic E-state index is 14.5. The Morgan fingerprint density at radius 2 is 1.22 bits per heavy atom. The molecule has 9 nitrogen and oxygen atoms in total. The molecular weight excluding hydrogens is 762 g/mol. The van der Waals surface area contributed by atoms with Crippen molar-refractivity contribution in [1.29, 1.82) is 0 Å². The molecule has 0 spiro atoms. The van der Waals surface area contributed by atoms with E-state index in [4.69, 9.17) is 30.5 Å². The molecule has 2 heterocycles. The van der Waals surface area contributed by atoms with E-state index >= 15 is 0 Å². The maximum absolute atomic E-state index is 14.5. The molecule has 0 amide bonds. The maximum Gasteiger partial charge on any atom is 0.310 e. The van der Waals surface area contributed by atoms with Crippen LogP contribution in [0.4, 0.5) is 8.78 Å². The Morgan fingerprint density at radius 3 is 1.73 bits per heavy atom. The molecule has 0 aliphatic heterocycles. The minimum atomic E-state index is -1.34. The lowest BCUT2D eigenvalue weighted by Crippen LogP contribution is -2.23. The van der Waals surface area contributed by atoms with E-state index < -0.39 is 27.8 Å². The van der Waals surface area contributed by atoms with Crippen molar-refractivity contribution in [2.75, 3.05) is 27.4 Å². The number of fused-ring (bicyclic) bond motifs is 2. The Balaban J connectivity index is 0.000000258. The van der Waals surface area contributed by atoms with Crippen molar-refractivity contribution < 1.29 is 42.1 Å². The zero-order chi connectivity index (χ0) is 40.8. The highest BCUT2D eigenvalue weighted by Crippen LogP contribution is 2.33. The molecule has 5 aromatic rings. The number of methoxy groups -OCH3 is 2. The minimum absolute atomic E-state index is 0.0241. The second kappa shape index (κ2) is 18.0. The summed E-state index contributed by atoms with van der Waals surface area (Å²) in [6, 6.07) is 14.1. The van der Waals surface area contributed by atoms with Crippen molar-refractivity contribution in [2.45, 2.75) is 78.1 Å². The van der Waals surface area contributed by atoms with Gasteiger partial charge in [-0.15, -0.1) is 0 Å². The van der Waals surface area contributed by atoms with E-state index in [1.54, 1.807) is 37.3 Å². The quantitative estimate of drug-likeness (QED) is 0.0932. The van der Waals surface area contributed by atoms with Gasteiger partial charge in [0.2, 0.25) is 0 Å². The Hall–Kier alpha value is -4.47. The zero-order valence-corrected chi connectivity index (χ0v) is 36.1. The summed E-state index contributed by atoms with van der Waals surface area (Å²) in [5.74, 6) is -1.78. The van der Waals surface area contributed by atoms with E-state index in [0.717, 1.165) is 28.7 Å². The number of hydrogen-bond donors (Lipinski definition) is 1. The van der Waals surface area contributed by atoms with E-state index in [-0.39, 0.29) is 42.2 Å². The van der Waals surface area contributed by atoms with Crippen LogP contribution in [0, 0.1) is 25.5 Å². The second-order valence-electron chi connectivity index (χ2n) is 15.9. The van der Waals surface area contributed by atoms with Gasteiger partial charge in [0.05, 0.1) is 45.8 Å². The van der Waals surface area contributed by atoms with Gasteiger partial charge in [0.25, 0.3) is 5.91 Å². The number of nitrogens with zero attached hydrogens (tertiary/aromatic N) is 1. The number of H-pyrrole nitrogens is 1. The van der Waals surface area contributed by atoms with E-state index in [9.17, 15) is 23.2 Å². The summed E-state index contributed by atoms with van der Waals surface area (Å²) < 4.78 is 50.7. The van der Waals surface area contributed by atoms with Gasteiger partial charge >= 0.3 is 11.9 Å². The van der Waals surface area contributed by atoms with Crippen LogP contribution in [0.15, 0.2) is 48.5 Å². The molecule has 0 atom stereocenters. The highest BCUT2D eigenvalue weighted by Gasteiger charge is 2.25. The lowest BCUT2D eigenvalue weighted by molar-refractivity contribution is -0.143. The molecular formula is C41H51ClF2N2O7Si2. The average molecular weight is 813 g/mol. The summed E-state index contributed by atoms with van der Waals surface area (Å²) in [4.78, 5) is 41.1. The van der Waals surface area contributed by atoms with Crippen molar-refractivity contribution in [3.8, 4) is 11.5 Å². The fraction of sp³-hybridized carbons (Fsp3) is 0.390. The number of esters is 2. The molecule has 0 aliphatic carbocycles. The topological polar surface area (TPSA) is 109 Å². The predicted octanol–water partition coefficient (Wildman–Crippen LogP) is 9.91. The first-order chi connectivity index (χ1) is 25.7. The summed E-state index contributed by atoms with van der Waals surface area (Å²) >= 11 is 5.94. The molecule has 0 radical (unpaired) electrons. The predicted molar refractivity (Wildman–Crippen MR) is 220 cm³/mol. The lowest BCUT2D eigenvalue weighted by atomic mass is 10.1. The number of nitrogens with one attached hydrogen (secondary N) is 1. The van der Waals surface area contributed by atoms with Crippen molar-refractivity contribution in [2.24, 2.45) is 0 Å². The molecule has 55 heavy (non-hydrogen) atoms. The third kappa shape index (κ3) is 11.3. The molecule has 0 aliphatic rings. The largest absolute Gasteiger partial charge is 0.494 e. The fourth-order valence-corrected chi connectivity index (χ4v) is 7.50. The third-order valence-corrected chi connectivity index (χ3v) is 12.8. The minimum Gasteiger partial charge on any atom is -0.494 e. The Bertz CT molecular complexity index is 2190. The number of aromatic nitrogens is 2. The van der Waals surface area contributed by atoms with Gasteiger partial charge in [-0.3, -0.25) is 19.0 Å². The number of benzene rings is 3. The summed E-state index contributed by atoms with van der Waals surface area (Å²) in [6.07, 6.45) is 0.149. The lowest BCUT2D eigenvalue weighted by Gasteiger charge is -2.15. The van der Waals surface area contributed by atoms with Crippen LogP contribution in [0.25, 0.3) is 21.8 Å². The fourth-order valence-electron chi connectivity index (χ4n) is 5.95. The van der Waals surface area contributed by atoms with E-state index in [1.165, 1.54) is 37.0 Å². The molecule has 1 N–H and O–H groups in total. The van der Waals surface area contributed by atoms with Gasteiger partial charge in [0, 0.05) is 66.5 Å². The van der Waals surface area contributed by atoms with Crippen molar-refractivity contribution >= 4 is 67.4 Å². The normalized spacial score (nSPS) is 11.7. The van der Waals surface area contributed by atoms with Crippen LogP contribution in [0.1, 0.15) is 32.9 Å². The highest BCUT2D eigenvalue weighted by molar-refractivity contribution is 6.76. The molecule has 0 saturated heterocycles. The van der Waals surface area contributed by atoms with Crippen molar-refractivity contribution in [3.63, 3.8) is 0 Å². The van der Waals surface area contributed by atoms with Crippen LogP contribution >= 0.6 is 11.6 Å². The first-order valence-electron chi connectivity index (χ1n) is 18.1. The number of aryl methyl sites for hydroxylation is 1. The van der Waals surface area contributed by atoms with Gasteiger partial charge in [-0.25, -0.2) is 8.78 Å². The monoisotopic (exact) mass is 812 g/mol. The summed E-state index contributed by atoms with van der Waals surface area (Å²) in [7, 11) is 0.244. The molecule has 14 heteroatoms. The average Bonchev–Trinajstić information content (AvgIpc) is 3.53. The standard InChI is InChI=1S/C24H27ClFNO4Si.C17H24FNO3Si/c1-15-18(13-23(28)31-10-11-32(3,4)5)19-12-22(30-2)20(26)14-21(19)27(15)24(29)16-6-8-17(25)9-7-16;1-11-12(9-17(20)22-6-7-23(3,4)5)13-8-16(21-2)14(18)10-15(13)19-11/h6-9,12,14H,10-11,13H2,1-5H3;8,10,19H,6-7,9H2,1-5H3. The molecule has 0 unspecified atom stereocenters. The van der Waals surface area contributed by atoms with Crippen LogP contribution in [0.5, 0.6) is 11.5 Å². The van der Waals surface area contributed by atoms with Crippen LogP contribution in [-0.2, 0) is 31.9 Å². The van der Waals surface area contributed by atoms with E-state index in [1.807, 2.05) is 6.92 Å². The van der Waals surface area contributed by atoms with Crippen LogP contribution in [0.3, 0.4) is 0 Å². The van der Waals surface area contributed by atoms with E-state index in [2.05, 4.69) is 44.3 Å². The van der Waals surface area contributed by atoms with E-state index in [0.29, 0.717) is 51.5 Å². The number of hydrogen-bond acceptors (Lipinski definition) is 7.